The van der Waals surface area contributed by atoms with E-state index in [1.807, 2.05) is 51.1 Å². The molecule has 0 aliphatic carbocycles. The van der Waals surface area contributed by atoms with Crippen LogP contribution in [0.2, 0.25) is 0 Å². The van der Waals surface area contributed by atoms with Crippen molar-refractivity contribution in [3.63, 3.8) is 0 Å². The van der Waals surface area contributed by atoms with Crippen molar-refractivity contribution in [1.82, 2.24) is 10.2 Å². The highest BCUT2D eigenvalue weighted by molar-refractivity contribution is 5.87. The lowest BCUT2D eigenvalue weighted by Gasteiger charge is -2.31. The molecule has 1 aromatic carbocycles. The molecule has 0 radical (unpaired) electrons. The van der Waals surface area contributed by atoms with Gasteiger partial charge in [0.15, 0.2) is 0 Å². The number of carbonyl (C=O) groups excluding carboxylic acids is 2. The Morgan fingerprint density at radius 3 is 2.57 bits per heavy atom. The lowest BCUT2D eigenvalue weighted by molar-refractivity contribution is -0.125. The molecule has 114 valence electrons. The van der Waals surface area contributed by atoms with Crippen LogP contribution < -0.4 is 5.32 Å². The molecule has 0 spiro atoms. The number of hydrogen-bond donors (Lipinski definition) is 1. The third kappa shape index (κ3) is 3.97. The highest BCUT2D eigenvalue weighted by Gasteiger charge is 2.35. The topological polar surface area (TPSA) is 58.6 Å². The van der Waals surface area contributed by atoms with E-state index >= 15 is 0 Å². The molecule has 5 heteroatoms. The second-order valence-corrected chi connectivity index (χ2v) is 6.13. The quantitative estimate of drug-likeness (QED) is 0.864. The smallest absolute Gasteiger partial charge is 0.411 e. The van der Waals surface area contributed by atoms with Crippen molar-refractivity contribution < 1.29 is 14.3 Å². The van der Waals surface area contributed by atoms with Gasteiger partial charge in [0.1, 0.15) is 11.6 Å². The van der Waals surface area contributed by atoms with Crippen LogP contribution in [0.4, 0.5) is 4.79 Å². The molecule has 1 heterocycles. The second kappa shape index (κ2) is 6.16. The van der Waals surface area contributed by atoms with Crippen molar-refractivity contribution in [2.24, 2.45) is 0 Å². The molecule has 0 aromatic heterocycles. The van der Waals surface area contributed by atoms with Gasteiger partial charge in [-0.25, -0.2) is 4.79 Å². The standard InChI is InChI=1S/C16H22N2O3/c1-16(2,3)21-15(20)18-11-7-10-17-14(19)13(18)12-8-5-4-6-9-12/h4-6,8-9,13H,7,10-11H2,1-3H3,(H,17,19). The Balaban J connectivity index is 2.30. The Labute approximate surface area is 125 Å². The van der Waals surface area contributed by atoms with Crippen LogP contribution in [0.5, 0.6) is 0 Å². The number of benzene rings is 1. The molecule has 1 N–H and O–H groups in total. The number of nitrogens with zero attached hydrogens (tertiary/aromatic N) is 1. The minimum absolute atomic E-state index is 0.162. The Morgan fingerprint density at radius 2 is 1.95 bits per heavy atom. The third-order valence-electron chi connectivity index (χ3n) is 3.18. The average molecular weight is 290 g/mol. The van der Waals surface area contributed by atoms with Crippen LogP contribution in [-0.2, 0) is 9.53 Å². The van der Waals surface area contributed by atoms with Crippen molar-refractivity contribution in [2.45, 2.75) is 38.8 Å². The Bertz CT molecular complexity index is 508. The number of hydrogen-bond acceptors (Lipinski definition) is 3. The van der Waals surface area contributed by atoms with Crippen molar-refractivity contribution >= 4 is 12.0 Å². The van der Waals surface area contributed by atoms with Gasteiger partial charge in [0.25, 0.3) is 0 Å². The highest BCUT2D eigenvalue weighted by Crippen LogP contribution is 2.25. The van der Waals surface area contributed by atoms with Gasteiger partial charge in [0, 0.05) is 13.1 Å². The number of nitrogens with one attached hydrogen (secondary N) is 1. The van der Waals surface area contributed by atoms with E-state index in [1.54, 1.807) is 0 Å². The fourth-order valence-electron chi connectivity index (χ4n) is 2.31. The van der Waals surface area contributed by atoms with Crippen LogP contribution in [0.3, 0.4) is 0 Å². The van der Waals surface area contributed by atoms with Crippen LogP contribution in [0, 0.1) is 0 Å². The normalized spacial score (nSPS) is 19.7. The van der Waals surface area contributed by atoms with Crippen LogP contribution in [0.15, 0.2) is 30.3 Å². The first-order valence-corrected chi connectivity index (χ1v) is 7.21. The molecule has 1 aliphatic rings. The highest BCUT2D eigenvalue weighted by atomic mass is 16.6. The zero-order valence-electron chi connectivity index (χ0n) is 12.8. The van der Waals surface area contributed by atoms with E-state index in [0.29, 0.717) is 19.5 Å². The van der Waals surface area contributed by atoms with Crippen LogP contribution in [0.1, 0.15) is 38.8 Å². The van der Waals surface area contributed by atoms with Crippen molar-refractivity contribution in [1.29, 1.82) is 0 Å². The van der Waals surface area contributed by atoms with Gasteiger partial charge in [-0.05, 0) is 32.8 Å². The summed E-state index contributed by atoms with van der Waals surface area (Å²) in [7, 11) is 0. The molecule has 21 heavy (non-hydrogen) atoms. The maximum absolute atomic E-state index is 12.4. The summed E-state index contributed by atoms with van der Waals surface area (Å²) in [5.74, 6) is -0.162. The van der Waals surface area contributed by atoms with E-state index < -0.39 is 17.7 Å². The van der Waals surface area contributed by atoms with Crippen molar-refractivity contribution in [3.8, 4) is 0 Å². The molecule has 1 atom stereocenters. The number of ether oxygens (including phenoxy) is 1. The zero-order chi connectivity index (χ0) is 15.5. The number of amides is 2. The predicted octanol–water partition coefficient (Wildman–Crippen LogP) is 2.48. The first-order chi connectivity index (χ1) is 9.88. The lowest BCUT2D eigenvalue weighted by atomic mass is 10.1. The summed E-state index contributed by atoms with van der Waals surface area (Å²) in [6.07, 6.45) is 0.266. The molecular weight excluding hydrogens is 268 g/mol. The average Bonchev–Trinajstić information content (AvgIpc) is 2.59. The number of rotatable bonds is 1. The van der Waals surface area contributed by atoms with Gasteiger partial charge < -0.3 is 10.1 Å². The van der Waals surface area contributed by atoms with Crippen LogP contribution >= 0.6 is 0 Å². The summed E-state index contributed by atoms with van der Waals surface area (Å²) in [6.45, 7) is 6.52. The van der Waals surface area contributed by atoms with E-state index in [4.69, 9.17) is 4.74 Å². The molecule has 1 fully saturated rings. The summed E-state index contributed by atoms with van der Waals surface area (Å²) in [5.41, 5.74) is 0.212. The zero-order valence-corrected chi connectivity index (χ0v) is 12.8. The number of carbonyl (C=O) groups is 2. The molecule has 0 bridgehead atoms. The van der Waals surface area contributed by atoms with Gasteiger partial charge >= 0.3 is 6.09 Å². The van der Waals surface area contributed by atoms with Crippen LogP contribution in [-0.4, -0.2) is 35.6 Å². The van der Waals surface area contributed by atoms with Gasteiger partial charge in [0.05, 0.1) is 0 Å². The lowest BCUT2D eigenvalue weighted by Crippen LogP contribution is -2.43. The molecule has 1 aliphatic heterocycles. The van der Waals surface area contributed by atoms with Crippen LogP contribution in [0.25, 0.3) is 0 Å². The molecule has 0 saturated carbocycles. The van der Waals surface area contributed by atoms with E-state index in [2.05, 4.69) is 5.32 Å². The van der Waals surface area contributed by atoms with E-state index in [0.717, 1.165) is 5.56 Å². The minimum atomic E-state index is -0.636. The molecule has 1 aromatic rings. The Morgan fingerprint density at radius 1 is 1.29 bits per heavy atom. The Hall–Kier alpha value is -2.04. The summed E-state index contributed by atoms with van der Waals surface area (Å²) < 4.78 is 5.44. The first-order valence-electron chi connectivity index (χ1n) is 7.21. The predicted molar refractivity (Wildman–Crippen MR) is 79.7 cm³/mol. The largest absolute Gasteiger partial charge is 0.444 e. The van der Waals surface area contributed by atoms with Crippen molar-refractivity contribution in [2.75, 3.05) is 13.1 Å². The Kier molecular flexibility index (Phi) is 4.50. The van der Waals surface area contributed by atoms with Gasteiger partial charge in [-0.15, -0.1) is 0 Å². The molecular formula is C16H22N2O3. The first kappa shape index (κ1) is 15.4. The minimum Gasteiger partial charge on any atom is -0.444 e. The van der Waals surface area contributed by atoms with E-state index in [1.165, 1.54) is 4.90 Å². The van der Waals surface area contributed by atoms with Crippen molar-refractivity contribution in [3.05, 3.63) is 35.9 Å². The summed E-state index contributed by atoms with van der Waals surface area (Å²) in [4.78, 5) is 26.3. The molecule has 1 saturated heterocycles. The molecule has 5 nitrogen and oxygen atoms in total. The maximum Gasteiger partial charge on any atom is 0.411 e. The van der Waals surface area contributed by atoms with Gasteiger partial charge in [0.2, 0.25) is 5.91 Å². The van der Waals surface area contributed by atoms with E-state index in [9.17, 15) is 9.59 Å². The maximum atomic E-state index is 12.4. The molecule has 2 amide bonds. The van der Waals surface area contributed by atoms with Gasteiger partial charge in [-0.1, -0.05) is 30.3 Å². The monoisotopic (exact) mass is 290 g/mol. The summed E-state index contributed by atoms with van der Waals surface area (Å²) >= 11 is 0. The summed E-state index contributed by atoms with van der Waals surface area (Å²) in [5, 5.41) is 2.85. The molecule has 2 rings (SSSR count). The van der Waals surface area contributed by atoms with E-state index in [-0.39, 0.29) is 5.91 Å². The fraction of sp³-hybridized carbons (Fsp3) is 0.500. The SMILES string of the molecule is CC(C)(C)OC(=O)N1CCCNC(=O)C1c1ccccc1. The third-order valence-corrected chi connectivity index (χ3v) is 3.18. The van der Waals surface area contributed by atoms with Gasteiger partial charge in [-0.2, -0.15) is 0 Å². The van der Waals surface area contributed by atoms with Gasteiger partial charge in [-0.3, -0.25) is 9.69 Å². The summed E-state index contributed by atoms with van der Waals surface area (Å²) in [6, 6.07) is 8.68. The fourth-order valence-corrected chi connectivity index (χ4v) is 2.31. The second-order valence-electron chi connectivity index (χ2n) is 6.13. The molecule has 1 unspecified atom stereocenters.